The maximum atomic E-state index is 9.90. The molecule has 0 amide bonds. The minimum absolute atomic E-state index is 0.517. The molecule has 0 aliphatic rings. The molecule has 2 aromatic carbocycles. The molecule has 18 heavy (non-hydrogen) atoms. The molecule has 0 atom stereocenters. The third-order valence-corrected chi connectivity index (χ3v) is 3.61. The Morgan fingerprint density at radius 2 is 1.06 bits per heavy atom. The fourth-order valence-corrected chi connectivity index (χ4v) is 2.19. The summed E-state index contributed by atoms with van der Waals surface area (Å²) in [4.78, 5) is 0. The summed E-state index contributed by atoms with van der Waals surface area (Å²) < 4.78 is 2.09. The van der Waals surface area contributed by atoms with Crippen LogP contribution in [0.25, 0.3) is 0 Å². The fraction of sp³-hybridized carbons (Fsp3) is 0.143. The molecule has 94 valence electrons. The van der Waals surface area contributed by atoms with Gasteiger partial charge in [-0.2, -0.15) is 5.06 Å². The first-order valence-corrected chi connectivity index (χ1v) is 7.15. The Kier molecular flexibility index (Phi) is 4.95. The highest BCUT2D eigenvalue weighted by Crippen LogP contribution is 2.14. The van der Waals surface area contributed by atoms with Gasteiger partial charge in [-0.1, -0.05) is 56.1 Å². The Hall–Kier alpha value is -0.680. The van der Waals surface area contributed by atoms with E-state index in [1.807, 2.05) is 48.5 Å². The van der Waals surface area contributed by atoms with Crippen molar-refractivity contribution >= 4 is 31.9 Å². The molecule has 0 heterocycles. The second-order valence-electron chi connectivity index (χ2n) is 4.08. The number of nitrogens with zero attached hydrogens (tertiary/aromatic N) is 1. The molecular weight excluding hydrogens is 358 g/mol. The highest BCUT2D eigenvalue weighted by atomic mass is 79.9. The second kappa shape index (κ2) is 6.48. The van der Waals surface area contributed by atoms with Crippen molar-refractivity contribution in [2.24, 2.45) is 0 Å². The predicted molar refractivity (Wildman–Crippen MR) is 79.3 cm³/mol. The van der Waals surface area contributed by atoms with E-state index in [9.17, 15) is 5.21 Å². The van der Waals surface area contributed by atoms with E-state index in [0.717, 1.165) is 20.1 Å². The van der Waals surface area contributed by atoms with Crippen LogP contribution >= 0.6 is 31.9 Å². The number of hydrogen-bond donors (Lipinski definition) is 1. The molecule has 0 unspecified atom stereocenters. The van der Waals surface area contributed by atoms with Gasteiger partial charge >= 0.3 is 0 Å². The van der Waals surface area contributed by atoms with Crippen molar-refractivity contribution in [2.45, 2.75) is 13.1 Å². The Morgan fingerprint density at radius 1 is 0.722 bits per heavy atom. The highest BCUT2D eigenvalue weighted by Gasteiger charge is 2.03. The second-order valence-corrected chi connectivity index (χ2v) is 5.91. The first-order chi connectivity index (χ1) is 8.63. The molecule has 0 aromatic heterocycles. The van der Waals surface area contributed by atoms with Crippen LogP contribution < -0.4 is 0 Å². The zero-order valence-corrected chi connectivity index (χ0v) is 12.9. The van der Waals surface area contributed by atoms with Crippen molar-refractivity contribution in [3.63, 3.8) is 0 Å². The van der Waals surface area contributed by atoms with Crippen LogP contribution in [0.4, 0.5) is 0 Å². The minimum Gasteiger partial charge on any atom is -0.313 e. The standard InChI is InChI=1S/C14H13Br2NO/c15-13-5-1-11(2-6-13)9-17(18)10-12-3-7-14(16)8-4-12/h1-8,18H,9-10H2. The number of rotatable bonds is 4. The van der Waals surface area contributed by atoms with Crippen LogP contribution in [0.2, 0.25) is 0 Å². The lowest BCUT2D eigenvalue weighted by molar-refractivity contribution is -0.108. The van der Waals surface area contributed by atoms with Crippen LogP contribution in [0, 0.1) is 0 Å². The molecule has 0 saturated carbocycles. The van der Waals surface area contributed by atoms with Crippen molar-refractivity contribution in [3.05, 3.63) is 68.6 Å². The monoisotopic (exact) mass is 369 g/mol. The lowest BCUT2D eigenvalue weighted by Gasteiger charge is -2.15. The summed E-state index contributed by atoms with van der Waals surface area (Å²) in [6, 6.07) is 15.9. The van der Waals surface area contributed by atoms with E-state index in [-0.39, 0.29) is 0 Å². The van der Waals surface area contributed by atoms with Gasteiger partial charge in [0.25, 0.3) is 0 Å². The van der Waals surface area contributed by atoms with Crippen molar-refractivity contribution in [2.75, 3.05) is 0 Å². The van der Waals surface area contributed by atoms with Gasteiger partial charge in [0.2, 0.25) is 0 Å². The Bertz CT molecular complexity index is 449. The Balaban J connectivity index is 1.94. The molecule has 0 aliphatic carbocycles. The van der Waals surface area contributed by atoms with E-state index >= 15 is 0 Å². The molecule has 4 heteroatoms. The molecule has 0 saturated heterocycles. The fourth-order valence-electron chi connectivity index (χ4n) is 1.66. The predicted octanol–water partition coefficient (Wildman–Crippen LogP) is 4.60. The van der Waals surface area contributed by atoms with Gasteiger partial charge in [0.05, 0.1) is 0 Å². The van der Waals surface area contributed by atoms with Gasteiger partial charge in [-0.3, -0.25) is 0 Å². The SMILES string of the molecule is ON(Cc1ccc(Br)cc1)Cc1ccc(Br)cc1. The van der Waals surface area contributed by atoms with E-state index < -0.39 is 0 Å². The zero-order chi connectivity index (χ0) is 13.0. The van der Waals surface area contributed by atoms with Gasteiger partial charge in [-0.15, -0.1) is 0 Å². The molecule has 2 nitrogen and oxygen atoms in total. The normalized spacial score (nSPS) is 10.9. The zero-order valence-electron chi connectivity index (χ0n) is 9.68. The Morgan fingerprint density at radius 3 is 1.39 bits per heavy atom. The topological polar surface area (TPSA) is 23.5 Å². The molecular formula is C14H13Br2NO. The van der Waals surface area contributed by atoms with Crippen LogP contribution in [-0.4, -0.2) is 10.3 Å². The lowest BCUT2D eigenvalue weighted by atomic mass is 10.2. The summed E-state index contributed by atoms with van der Waals surface area (Å²) in [5.41, 5.74) is 2.16. The van der Waals surface area contributed by atoms with Crippen molar-refractivity contribution in [3.8, 4) is 0 Å². The van der Waals surface area contributed by atoms with E-state index in [1.54, 1.807) is 0 Å². The molecule has 2 aromatic rings. The van der Waals surface area contributed by atoms with E-state index in [1.165, 1.54) is 5.06 Å². The van der Waals surface area contributed by atoms with Crippen LogP contribution in [0.15, 0.2) is 57.5 Å². The van der Waals surface area contributed by atoms with Gasteiger partial charge in [0, 0.05) is 22.0 Å². The number of benzene rings is 2. The van der Waals surface area contributed by atoms with E-state index in [2.05, 4.69) is 31.9 Å². The lowest BCUT2D eigenvalue weighted by Crippen LogP contribution is -2.17. The van der Waals surface area contributed by atoms with Gasteiger partial charge < -0.3 is 5.21 Å². The average molecular weight is 371 g/mol. The molecule has 2 rings (SSSR count). The summed E-state index contributed by atoms with van der Waals surface area (Å²) >= 11 is 6.78. The molecule has 0 radical (unpaired) electrons. The smallest absolute Gasteiger partial charge is 0.0492 e. The maximum absolute atomic E-state index is 9.90. The van der Waals surface area contributed by atoms with Gasteiger partial charge in [-0.25, -0.2) is 0 Å². The number of halogens is 2. The number of hydrogen-bond acceptors (Lipinski definition) is 2. The molecule has 0 aliphatic heterocycles. The van der Waals surface area contributed by atoms with Crippen molar-refractivity contribution in [1.82, 2.24) is 5.06 Å². The maximum Gasteiger partial charge on any atom is 0.0492 e. The third-order valence-electron chi connectivity index (χ3n) is 2.56. The number of hydroxylamine groups is 2. The summed E-state index contributed by atoms with van der Waals surface area (Å²) in [6.07, 6.45) is 0. The summed E-state index contributed by atoms with van der Waals surface area (Å²) in [5, 5.41) is 11.2. The van der Waals surface area contributed by atoms with Crippen molar-refractivity contribution in [1.29, 1.82) is 0 Å². The highest BCUT2D eigenvalue weighted by molar-refractivity contribution is 9.10. The van der Waals surface area contributed by atoms with Crippen molar-refractivity contribution < 1.29 is 5.21 Å². The molecule has 0 spiro atoms. The average Bonchev–Trinajstić information content (AvgIpc) is 2.35. The van der Waals surface area contributed by atoms with Crippen LogP contribution in [0.5, 0.6) is 0 Å². The van der Waals surface area contributed by atoms with Gasteiger partial charge in [0.15, 0.2) is 0 Å². The first kappa shape index (κ1) is 13.7. The minimum atomic E-state index is 0.517. The first-order valence-electron chi connectivity index (χ1n) is 5.56. The van der Waals surface area contributed by atoms with Crippen LogP contribution in [0.3, 0.4) is 0 Å². The molecule has 0 bridgehead atoms. The van der Waals surface area contributed by atoms with Crippen LogP contribution in [0.1, 0.15) is 11.1 Å². The largest absolute Gasteiger partial charge is 0.313 e. The summed E-state index contributed by atoms with van der Waals surface area (Å²) in [5.74, 6) is 0. The van der Waals surface area contributed by atoms with E-state index in [0.29, 0.717) is 13.1 Å². The third kappa shape index (κ3) is 4.21. The summed E-state index contributed by atoms with van der Waals surface area (Å²) in [6.45, 7) is 1.03. The Labute approximate surface area is 123 Å². The van der Waals surface area contributed by atoms with Crippen LogP contribution in [-0.2, 0) is 13.1 Å². The molecule has 1 N–H and O–H groups in total. The molecule has 0 fully saturated rings. The quantitative estimate of drug-likeness (QED) is 0.794. The van der Waals surface area contributed by atoms with E-state index in [4.69, 9.17) is 0 Å². The van der Waals surface area contributed by atoms with Gasteiger partial charge in [0.1, 0.15) is 0 Å². The van der Waals surface area contributed by atoms with Gasteiger partial charge in [-0.05, 0) is 35.4 Å². The summed E-state index contributed by atoms with van der Waals surface area (Å²) in [7, 11) is 0.